The molecular formula is C18H22N2O4S. The van der Waals surface area contributed by atoms with E-state index in [0.717, 1.165) is 5.56 Å². The van der Waals surface area contributed by atoms with Gasteiger partial charge in [-0.05, 0) is 38.0 Å². The lowest BCUT2D eigenvalue weighted by atomic mass is 10.2. The molecule has 1 N–H and O–H groups in total. The maximum absolute atomic E-state index is 12.0. The molecule has 1 heterocycles. The van der Waals surface area contributed by atoms with Gasteiger partial charge >= 0.3 is 5.97 Å². The predicted molar refractivity (Wildman–Crippen MR) is 98.3 cm³/mol. The molecule has 1 aromatic carbocycles. The number of nitrogens with one attached hydrogen (secondary N) is 1. The molecule has 0 radical (unpaired) electrons. The Balaban J connectivity index is 2.33. The Hall–Kier alpha value is -2.41. The van der Waals surface area contributed by atoms with E-state index >= 15 is 0 Å². The Morgan fingerprint density at radius 2 is 2.16 bits per heavy atom. The van der Waals surface area contributed by atoms with E-state index in [1.165, 1.54) is 11.3 Å². The molecule has 0 aliphatic heterocycles. The van der Waals surface area contributed by atoms with Crippen LogP contribution in [0.3, 0.4) is 0 Å². The van der Waals surface area contributed by atoms with Gasteiger partial charge in [-0.1, -0.05) is 13.8 Å². The highest BCUT2D eigenvalue weighted by Crippen LogP contribution is 2.34. The van der Waals surface area contributed by atoms with E-state index in [2.05, 4.69) is 24.1 Å². The second-order valence-corrected chi connectivity index (χ2v) is 6.83. The second-order valence-electron chi connectivity index (χ2n) is 5.83. The van der Waals surface area contributed by atoms with Crippen LogP contribution in [0.2, 0.25) is 0 Å². The summed E-state index contributed by atoms with van der Waals surface area (Å²) in [4.78, 5) is 27.8. The fourth-order valence-corrected chi connectivity index (χ4v) is 3.08. The molecule has 1 amide bonds. The first-order valence-electron chi connectivity index (χ1n) is 8.08. The van der Waals surface area contributed by atoms with Gasteiger partial charge in [0.05, 0.1) is 24.6 Å². The first-order valence-corrected chi connectivity index (χ1v) is 8.89. The zero-order valence-corrected chi connectivity index (χ0v) is 15.6. The number of nitrogens with zero attached hydrogens (tertiary/aromatic N) is 1. The van der Waals surface area contributed by atoms with Crippen LogP contribution in [-0.4, -0.2) is 30.6 Å². The molecule has 6 nitrogen and oxygen atoms in total. The van der Waals surface area contributed by atoms with Crippen molar-refractivity contribution in [3.8, 4) is 16.3 Å². The summed E-state index contributed by atoms with van der Waals surface area (Å²) < 4.78 is 10.8. The van der Waals surface area contributed by atoms with Gasteiger partial charge in [0.2, 0.25) is 6.41 Å². The molecule has 25 heavy (non-hydrogen) atoms. The second kappa shape index (κ2) is 8.62. The number of carbonyl (C=O) groups is 2. The minimum atomic E-state index is -0.369. The van der Waals surface area contributed by atoms with Crippen molar-refractivity contribution in [2.45, 2.75) is 27.7 Å². The fourth-order valence-electron chi connectivity index (χ4n) is 2.13. The maximum atomic E-state index is 12.0. The normalized spacial score (nSPS) is 10.6. The number of rotatable bonds is 8. The molecule has 134 valence electrons. The number of esters is 1. The van der Waals surface area contributed by atoms with Crippen LogP contribution in [0, 0.1) is 12.8 Å². The molecule has 2 aromatic rings. The summed E-state index contributed by atoms with van der Waals surface area (Å²) in [7, 11) is 0. The first kappa shape index (κ1) is 18.9. The molecule has 2 rings (SSSR count). The van der Waals surface area contributed by atoms with E-state index in [1.807, 2.05) is 6.07 Å². The van der Waals surface area contributed by atoms with Crippen molar-refractivity contribution in [2.24, 2.45) is 5.92 Å². The minimum Gasteiger partial charge on any atom is -0.491 e. The van der Waals surface area contributed by atoms with E-state index in [-0.39, 0.29) is 5.97 Å². The van der Waals surface area contributed by atoms with Gasteiger partial charge in [-0.15, -0.1) is 11.3 Å². The largest absolute Gasteiger partial charge is 0.491 e. The summed E-state index contributed by atoms with van der Waals surface area (Å²) >= 11 is 1.27. The van der Waals surface area contributed by atoms with Crippen LogP contribution >= 0.6 is 11.3 Å². The number of carbonyl (C=O) groups excluding carboxylic acids is 2. The van der Waals surface area contributed by atoms with Gasteiger partial charge in [-0.25, -0.2) is 9.78 Å². The van der Waals surface area contributed by atoms with Gasteiger partial charge in [0.1, 0.15) is 15.6 Å². The van der Waals surface area contributed by atoms with Crippen LogP contribution in [-0.2, 0) is 9.53 Å². The van der Waals surface area contributed by atoms with Crippen molar-refractivity contribution in [1.29, 1.82) is 0 Å². The van der Waals surface area contributed by atoms with Crippen LogP contribution in [0.4, 0.5) is 5.69 Å². The predicted octanol–water partition coefficient (Wildman–Crippen LogP) is 3.90. The van der Waals surface area contributed by atoms with Gasteiger partial charge in [0, 0.05) is 5.56 Å². The average Bonchev–Trinajstić information content (AvgIpc) is 2.96. The number of hydrogen-bond acceptors (Lipinski definition) is 6. The lowest BCUT2D eigenvalue weighted by Crippen LogP contribution is -2.07. The number of benzene rings is 1. The van der Waals surface area contributed by atoms with E-state index in [1.54, 1.807) is 26.0 Å². The number of aryl methyl sites for hydroxylation is 1. The third kappa shape index (κ3) is 4.79. The summed E-state index contributed by atoms with van der Waals surface area (Å²) in [5.41, 5.74) is 1.99. The van der Waals surface area contributed by atoms with Crippen molar-refractivity contribution in [3.05, 3.63) is 28.8 Å². The van der Waals surface area contributed by atoms with E-state index < -0.39 is 0 Å². The third-order valence-electron chi connectivity index (χ3n) is 3.27. The third-order valence-corrected chi connectivity index (χ3v) is 4.46. The molecule has 0 aliphatic rings. The number of aromatic nitrogens is 1. The topological polar surface area (TPSA) is 77.5 Å². The lowest BCUT2D eigenvalue weighted by molar-refractivity contribution is -0.105. The number of hydrogen-bond donors (Lipinski definition) is 1. The summed E-state index contributed by atoms with van der Waals surface area (Å²) in [5.74, 6) is 0.604. The minimum absolute atomic E-state index is 0.320. The van der Waals surface area contributed by atoms with Crippen molar-refractivity contribution in [1.82, 2.24) is 4.98 Å². The molecule has 0 aliphatic carbocycles. The van der Waals surface area contributed by atoms with Gasteiger partial charge in [0.15, 0.2) is 0 Å². The van der Waals surface area contributed by atoms with Crippen molar-refractivity contribution in [3.63, 3.8) is 0 Å². The smallest absolute Gasteiger partial charge is 0.350 e. The van der Waals surface area contributed by atoms with Gasteiger partial charge in [-0.2, -0.15) is 0 Å². The van der Waals surface area contributed by atoms with Crippen molar-refractivity contribution in [2.75, 3.05) is 18.5 Å². The number of anilines is 1. The van der Waals surface area contributed by atoms with Gasteiger partial charge in [-0.3, -0.25) is 4.79 Å². The standard InChI is InChI=1S/C18H22N2O4S/c1-5-23-18(22)16-12(4)20-17(25-16)13-6-7-15(24-9-11(2)3)14(8-13)19-10-21/h6-8,10-11H,5,9H2,1-4H3,(H,19,21). The molecule has 0 spiro atoms. The molecule has 0 saturated carbocycles. The highest BCUT2D eigenvalue weighted by molar-refractivity contribution is 7.17. The zero-order valence-electron chi connectivity index (χ0n) is 14.8. The molecule has 0 saturated heterocycles. The van der Waals surface area contributed by atoms with Crippen LogP contribution in [0.5, 0.6) is 5.75 Å². The molecule has 7 heteroatoms. The summed E-state index contributed by atoms with van der Waals surface area (Å²) in [6.45, 7) is 8.52. The van der Waals surface area contributed by atoms with E-state index in [4.69, 9.17) is 9.47 Å². The number of ether oxygens (including phenoxy) is 2. The molecule has 0 atom stereocenters. The monoisotopic (exact) mass is 362 g/mol. The van der Waals surface area contributed by atoms with Crippen LogP contribution < -0.4 is 10.1 Å². The number of thiazole rings is 1. The summed E-state index contributed by atoms with van der Waals surface area (Å²) in [6, 6.07) is 5.44. The molecule has 1 aromatic heterocycles. The van der Waals surface area contributed by atoms with Gasteiger partial charge in [0.25, 0.3) is 0 Å². The molecule has 0 bridgehead atoms. The summed E-state index contributed by atoms with van der Waals surface area (Å²) in [6.07, 6.45) is 0.610. The Labute approximate surface area is 151 Å². The quantitative estimate of drug-likeness (QED) is 0.569. The van der Waals surface area contributed by atoms with E-state index in [0.29, 0.717) is 52.6 Å². The number of amides is 1. The van der Waals surface area contributed by atoms with Crippen molar-refractivity contribution >= 4 is 29.4 Å². The highest BCUT2D eigenvalue weighted by atomic mass is 32.1. The molecule has 0 fully saturated rings. The lowest BCUT2D eigenvalue weighted by Gasteiger charge is -2.13. The van der Waals surface area contributed by atoms with Crippen LogP contribution in [0.25, 0.3) is 10.6 Å². The average molecular weight is 362 g/mol. The Bertz CT molecular complexity index is 756. The molecular weight excluding hydrogens is 340 g/mol. The SMILES string of the molecule is CCOC(=O)c1sc(-c2ccc(OCC(C)C)c(NC=O)c2)nc1C. The Kier molecular flexibility index (Phi) is 6.52. The zero-order chi connectivity index (χ0) is 18.4. The summed E-state index contributed by atoms with van der Waals surface area (Å²) in [5, 5.41) is 3.34. The maximum Gasteiger partial charge on any atom is 0.350 e. The fraction of sp³-hybridized carbons (Fsp3) is 0.389. The van der Waals surface area contributed by atoms with Crippen LogP contribution in [0.1, 0.15) is 36.1 Å². The Morgan fingerprint density at radius 3 is 2.80 bits per heavy atom. The highest BCUT2D eigenvalue weighted by Gasteiger charge is 2.18. The van der Waals surface area contributed by atoms with Crippen LogP contribution in [0.15, 0.2) is 18.2 Å². The van der Waals surface area contributed by atoms with Gasteiger partial charge < -0.3 is 14.8 Å². The Morgan fingerprint density at radius 1 is 1.40 bits per heavy atom. The van der Waals surface area contributed by atoms with Crippen molar-refractivity contribution < 1.29 is 19.1 Å². The molecule has 0 unspecified atom stereocenters. The van der Waals surface area contributed by atoms with E-state index in [9.17, 15) is 9.59 Å². The first-order chi connectivity index (χ1) is 12.0.